The van der Waals surface area contributed by atoms with Gasteiger partial charge in [0.15, 0.2) is 5.96 Å². The highest BCUT2D eigenvalue weighted by Crippen LogP contribution is 2.28. The maximum absolute atomic E-state index is 5.67. The lowest BCUT2D eigenvalue weighted by molar-refractivity contribution is 0.123. The van der Waals surface area contributed by atoms with Gasteiger partial charge in [0.1, 0.15) is 5.75 Å². The third-order valence-corrected chi connectivity index (χ3v) is 3.85. The first-order valence-electron chi connectivity index (χ1n) is 9.56. The molecule has 6 heteroatoms. The van der Waals surface area contributed by atoms with Gasteiger partial charge in [-0.1, -0.05) is 0 Å². The Morgan fingerprint density at radius 3 is 2.62 bits per heavy atom. The van der Waals surface area contributed by atoms with Crippen molar-refractivity contribution in [3.8, 4) is 5.75 Å². The molecular formula is C20H33N3O3. The molecule has 1 aliphatic rings. The lowest BCUT2D eigenvalue weighted by Gasteiger charge is -2.14. The molecule has 0 saturated heterocycles. The molecule has 146 valence electrons. The van der Waals surface area contributed by atoms with Crippen LogP contribution in [0.25, 0.3) is 0 Å². The topological polar surface area (TPSA) is 64.1 Å². The minimum atomic E-state index is 0.170. The number of rotatable bonds is 12. The van der Waals surface area contributed by atoms with Crippen molar-refractivity contribution in [1.29, 1.82) is 0 Å². The Kier molecular flexibility index (Phi) is 9.28. The molecule has 1 fully saturated rings. The van der Waals surface area contributed by atoms with Crippen LogP contribution in [0.1, 0.15) is 33.1 Å². The Hall–Kier alpha value is -1.79. The minimum Gasteiger partial charge on any atom is -0.491 e. The molecule has 0 unspecified atom stereocenters. The zero-order valence-electron chi connectivity index (χ0n) is 16.3. The Labute approximate surface area is 157 Å². The van der Waals surface area contributed by atoms with Crippen molar-refractivity contribution in [2.75, 3.05) is 45.3 Å². The van der Waals surface area contributed by atoms with E-state index in [-0.39, 0.29) is 6.10 Å². The van der Waals surface area contributed by atoms with Crippen LogP contribution in [0.15, 0.2) is 29.3 Å². The Balaban J connectivity index is 1.78. The Bertz CT molecular complexity index is 528. The van der Waals surface area contributed by atoms with Crippen molar-refractivity contribution >= 4 is 11.6 Å². The van der Waals surface area contributed by atoms with Crippen molar-refractivity contribution < 1.29 is 14.2 Å². The van der Waals surface area contributed by atoms with Crippen LogP contribution in [0.4, 0.5) is 5.69 Å². The average Bonchev–Trinajstić information content (AvgIpc) is 3.43. The number of nitrogens with zero attached hydrogens (tertiary/aromatic N) is 1. The summed E-state index contributed by atoms with van der Waals surface area (Å²) in [5.41, 5.74) is 0.967. The molecule has 2 N–H and O–H groups in total. The van der Waals surface area contributed by atoms with Crippen LogP contribution >= 0.6 is 0 Å². The van der Waals surface area contributed by atoms with Crippen molar-refractivity contribution in [3.05, 3.63) is 24.3 Å². The van der Waals surface area contributed by atoms with Crippen LogP contribution in [0.2, 0.25) is 0 Å². The van der Waals surface area contributed by atoms with E-state index >= 15 is 0 Å². The first-order valence-corrected chi connectivity index (χ1v) is 9.56. The highest BCUT2D eigenvalue weighted by atomic mass is 16.5. The third-order valence-electron chi connectivity index (χ3n) is 3.85. The molecule has 0 radical (unpaired) electrons. The lowest BCUT2D eigenvalue weighted by atomic mass is 10.3. The monoisotopic (exact) mass is 363 g/mol. The van der Waals surface area contributed by atoms with Crippen molar-refractivity contribution in [2.45, 2.75) is 39.2 Å². The molecular weight excluding hydrogens is 330 g/mol. The van der Waals surface area contributed by atoms with Crippen LogP contribution in [-0.2, 0) is 9.47 Å². The normalized spacial score (nSPS) is 14.5. The van der Waals surface area contributed by atoms with Crippen LogP contribution < -0.4 is 15.4 Å². The van der Waals surface area contributed by atoms with Gasteiger partial charge >= 0.3 is 0 Å². The van der Waals surface area contributed by atoms with E-state index in [0.29, 0.717) is 13.2 Å². The first-order chi connectivity index (χ1) is 12.7. The van der Waals surface area contributed by atoms with Gasteiger partial charge in [0.05, 0.1) is 12.7 Å². The van der Waals surface area contributed by atoms with Crippen LogP contribution in [0.5, 0.6) is 5.75 Å². The summed E-state index contributed by atoms with van der Waals surface area (Å²) in [4.78, 5) is 4.62. The van der Waals surface area contributed by atoms with Gasteiger partial charge in [-0.2, -0.15) is 0 Å². The molecule has 6 nitrogen and oxygen atoms in total. The molecule has 0 amide bonds. The molecule has 1 aromatic rings. The predicted octanol–water partition coefficient (Wildman–Crippen LogP) is 3.29. The standard InChI is InChI=1S/C20H33N3O3/c1-16(2)26-19-9-7-18(8-10-19)23-20(22-12-14-24-3)21-11-4-13-25-15-17-5-6-17/h7-10,16-17H,4-6,11-15H2,1-3H3,(H2,21,22,23). The summed E-state index contributed by atoms with van der Waals surface area (Å²) < 4.78 is 16.4. The third kappa shape index (κ3) is 9.06. The highest BCUT2D eigenvalue weighted by Gasteiger charge is 2.20. The highest BCUT2D eigenvalue weighted by molar-refractivity contribution is 5.93. The lowest BCUT2D eigenvalue weighted by Crippen LogP contribution is -2.33. The fourth-order valence-corrected chi connectivity index (χ4v) is 2.33. The summed E-state index contributed by atoms with van der Waals surface area (Å²) in [7, 11) is 1.69. The molecule has 0 spiro atoms. The fourth-order valence-electron chi connectivity index (χ4n) is 2.33. The number of benzene rings is 1. The van der Waals surface area contributed by atoms with E-state index in [1.165, 1.54) is 12.8 Å². The van der Waals surface area contributed by atoms with Gasteiger partial charge in [0.2, 0.25) is 0 Å². The van der Waals surface area contributed by atoms with Gasteiger partial charge < -0.3 is 24.8 Å². The van der Waals surface area contributed by atoms with Crippen molar-refractivity contribution in [3.63, 3.8) is 0 Å². The van der Waals surface area contributed by atoms with Crippen LogP contribution in [-0.4, -0.2) is 52.1 Å². The Morgan fingerprint density at radius 2 is 1.96 bits per heavy atom. The van der Waals surface area contributed by atoms with Gasteiger partial charge in [-0.25, -0.2) is 0 Å². The van der Waals surface area contributed by atoms with E-state index in [4.69, 9.17) is 14.2 Å². The fraction of sp³-hybridized carbons (Fsp3) is 0.650. The van der Waals surface area contributed by atoms with E-state index in [1.807, 2.05) is 38.1 Å². The van der Waals surface area contributed by atoms with E-state index < -0.39 is 0 Å². The molecule has 1 saturated carbocycles. The SMILES string of the molecule is COCCNC(=NCCCOCC1CC1)Nc1ccc(OC(C)C)cc1. The second-order valence-corrected chi connectivity index (χ2v) is 6.84. The average molecular weight is 364 g/mol. The van der Waals surface area contributed by atoms with Gasteiger partial charge in [-0.05, 0) is 63.3 Å². The molecule has 26 heavy (non-hydrogen) atoms. The number of aliphatic imine (C=N–C) groups is 1. The van der Waals surface area contributed by atoms with Gasteiger partial charge in [0.25, 0.3) is 0 Å². The number of guanidine groups is 1. The quantitative estimate of drug-likeness (QED) is 0.339. The Morgan fingerprint density at radius 1 is 1.19 bits per heavy atom. The number of anilines is 1. The number of hydrogen-bond donors (Lipinski definition) is 2. The van der Waals surface area contributed by atoms with E-state index in [2.05, 4.69) is 15.6 Å². The second-order valence-electron chi connectivity index (χ2n) is 6.84. The maximum Gasteiger partial charge on any atom is 0.195 e. The number of ether oxygens (including phenoxy) is 3. The summed E-state index contributed by atoms with van der Waals surface area (Å²) in [5.74, 6) is 2.43. The molecule has 1 aromatic carbocycles. The summed E-state index contributed by atoms with van der Waals surface area (Å²) in [6.07, 6.45) is 3.75. The van der Waals surface area contributed by atoms with Crippen molar-refractivity contribution in [1.82, 2.24) is 5.32 Å². The van der Waals surface area contributed by atoms with E-state index in [9.17, 15) is 0 Å². The summed E-state index contributed by atoms with van der Waals surface area (Å²) in [6.45, 7) is 7.78. The smallest absolute Gasteiger partial charge is 0.195 e. The zero-order valence-corrected chi connectivity index (χ0v) is 16.3. The molecule has 0 atom stereocenters. The first kappa shape index (κ1) is 20.5. The molecule has 2 rings (SSSR count). The molecule has 0 aromatic heterocycles. The number of hydrogen-bond acceptors (Lipinski definition) is 4. The number of methoxy groups -OCH3 is 1. The minimum absolute atomic E-state index is 0.170. The van der Waals surface area contributed by atoms with E-state index in [0.717, 1.165) is 49.5 Å². The van der Waals surface area contributed by atoms with Crippen LogP contribution in [0, 0.1) is 5.92 Å². The summed E-state index contributed by atoms with van der Waals surface area (Å²) in [5, 5.41) is 6.60. The van der Waals surface area contributed by atoms with Crippen LogP contribution in [0.3, 0.4) is 0 Å². The predicted molar refractivity (Wildman–Crippen MR) is 106 cm³/mol. The second kappa shape index (κ2) is 11.8. The van der Waals surface area contributed by atoms with E-state index in [1.54, 1.807) is 7.11 Å². The van der Waals surface area contributed by atoms with Gasteiger partial charge in [0, 0.05) is 39.1 Å². The van der Waals surface area contributed by atoms with Crippen molar-refractivity contribution in [2.24, 2.45) is 10.9 Å². The van der Waals surface area contributed by atoms with Gasteiger partial charge in [-0.15, -0.1) is 0 Å². The summed E-state index contributed by atoms with van der Waals surface area (Å²) in [6, 6.07) is 7.90. The molecule has 1 aliphatic carbocycles. The zero-order chi connectivity index (χ0) is 18.6. The largest absolute Gasteiger partial charge is 0.491 e. The molecule has 0 aliphatic heterocycles. The maximum atomic E-state index is 5.67. The molecule has 0 heterocycles. The van der Waals surface area contributed by atoms with Gasteiger partial charge in [-0.3, -0.25) is 4.99 Å². The molecule has 0 bridgehead atoms. The summed E-state index contributed by atoms with van der Waals surface area (Å²) >= 11 is 0. The number of nitrogens with one attached hydrogen (secondary N) is 2.